The molecular weight excluding hydrogens is 282 g/mol. The summed E-state index contributed by atoms with van der Waals surface area (Å²) in [5.74, 6) is -0.766. The van der Waals surface area contributed by atoms with Crippen molar-refractivity contribution in [3.05, 3.63) is 34.3 Å². The zero-order valence-electron chi connectivity index (χ0n) is 10.2. The molecule has 3 nitrogen and oxygen atoms in total. The Kier molecular flexibility index (Phi) is 5.65. The monoisotopic (exact) mass is 299 g/mol. The Labute approximate surface area is 111 Å². The minimum Gasteiger partial charge on any atom is -0.481 e. The van der Waals surface area contributed by atoms with Crippen molar-refractivity contribution in [3.63, 3.8) is 0 Å². The largest absolute Gasteiger partial charge is 0.481 e. The molecule has 0 saturated carbocycles. The normalized spacial score (nSPS) is 12.7. The minimum absolute atomic E-state index is 0.0712. The molecule has 4 heteroatoms. The van der Waals surface area contributed by atoms with Crippen LogP contribution in [0.15, 0.2) is 28.7 Å². The maximum Gasteiger partial charge on any atom is 0.305 e. The number of rotatable bonds is 6. The summed E-state index contributed by atoms with van der Waals surface area (Å²) >= 11 is 3.49. The molecule has 0 saturated heterocycles. The summed E-state index contributed by atoms with van der Waals surface area (Å²) in [6.07, 6.45) is 0.129. The van der Waals surface area contributed by atoms with E-state index in [1.54, 1.807) is 0 Å². The van der Waals surface area contributed by atoms with E-state index in [0.717, 1.165) is 23.1 Å². The second kappa shape index (κ2) is 6.77. The Morgan fingerprint density at radius 3 is 2.41 bits per heavy atom. The summed E-state index contributed by atoms with van der Waals surface area (Å²) in [4.78, 5) is 13.1. The van der Waals surface area contributed by atoms with Gasteiger partial charge in [-0.1, -0.05) is 48.0 Å². The second-order valence-corrected chi connectivity index (χ2v) is 4.71. The number of carboxylic acids is 1. The van der Waals surface area contributed by atoms with Crippen LogP contribution in [0.1, 0.15) is 31.9 Å². The Balaban J connectivity index is 3.05. The first-order valence-corrected chi connectivity index (χ1v) is 6.59. The quantitative estimate of drug-likeness (QED) is 0.876. The van der Waals surface area contributed by atoms with Crippen molar-refractivity contribution in [1.29, 1.82) is 0 Å². The van der Waals surface area contributed by atoms with Crippen LogP contribution >= 0.6 is 15.9 Å². The summed E-state index contributed by atoms with van der Waals surface area (Å²) in [5.41, 5.74) is 1.04. The van der Waals surface area contributed by atoms with E-state index < -0.39 is 5.97 Å². The van der Waals surface area contributed by atoms with Gasteiger partial charge in [0.15, 0.2) is 0 Å². The molecule has 94 valence electrons. The van der Waals surface area contributed by atoms with Gasteiger partial charge in [-0.15, -0.1) is 0 Å². The van der Waals surface area contributed by atoms with Crippen LogP contribution in [0.25, 0.3) is 0 Å². The Hall–Kier alpha value is -0.870. The zero-order chi connectivity index (χ0) is 12.8. The molecule has 1 atom stereocenters. The van der Waals surface area contributed by atoms with Gasteiger partial charge in [-0.25, -0.2) is 0 Å². The fourth-order valence-electron chi connectivity index (χ4n) is 2.01. The predicted octanol–water partition coefficient (Wildman–Crippen LogP) is 3.31. The lowest BCUT2D eigenvalue weighted by Crippen LogP contribution is -2.30. The van der Waals surface area contributed by atoms with E-state index in [9.17, 15) is 4.79 Å². The number of halogens is 1. The fraction of sp³-hybridized carbons (Fsp3) is 0.462. The molecule has 0 spiro atoms. The molecule has 0 aromatic heterocycles. The van der Waals surface area contributed by atoms with E-state index in [2.05, 4.69) is 34.7 Å². The van der Waals surface area contributed by atoms with E-state index in [0.29, 0.717) is 0 Å². The van der Waals surface area contributed by atoms with Gasteiger partial charge in [-0.3, -0.25) is 9.69 Å². The molecule has 0 aliphatic heterocycles. The third-order valence-corrected chi connectivity index (χ3v) is 3.61. The van der Waals surface area contributed by atoms with E-state index in [1.807, 2.05) is 24.3 Å². The fourth-order valence-corrected chi connectivity index (χ4v) is 2.56. The van der Waals surface area contributed by atoms with E-state index in [1.165, 1.54) is 0 Å². The van der Waals surface area contributed by atoms with Gasteiger partial charge in [0, 0.05) is 10.5 Å². The number of hydrogen-bond acceptors (Lipinski definition) is 2. The Bertz CT molecular complexity index is 377. The lowest BCUT2D eigenvalue weighted by Gasteiger charge is -2.29. The zero-order valence-corrected chi connectivity index (χ0v) is 11.8. The molecule has 17 heavy (non-hydrogen) atoms. The van der Waals surface area contributed by atoms with E-state index in [4.69, 9.17) is 5.11 Å². The summed E-state index contributed by atoms with van der Waals surface area (Å²) in [7, 11) is 0. The standard InChI is InChI=1S/C13H18BrNO2/c1-3-15(4-2)12(9-13(16)17)10-7-5-6-8-11(10)14/h5-8,12H,3-4,9H2,1-2H3,(H,16,17). The first kappa shape index (κ1) is 14.2. The summed E-state index contributed by atoms with van der Waals surface area (Å²) < 4.78 is 0.971. The Morgan fingerprint density at radius 2 is 1.94 bits per heavy atom. The molecule has 0 amide bonds. The van der Waals surface area contributed by atoms with Crippen molar-refractivity contribution >= 4 is 21.9 Å². The average molecular weight is 300 g/mol. The number of aliphatic carboxylic acids is 1. The highest BCUT2D eigenvalue weighted by Gasteiger charge is 2.22. The third-order valence-electron chi connectivity index (χ3n) is 2.89. The lowest BCUT2D eigenvalue weighted by atomic mass is 10.0. The first-order chi connectivity index (χ1) is 8.10. The minimum atomic E-state index is -0.766. The van der Waals surface area contributed by atoms with Crippen LogP contribution in [0.4, 0.5) is 0 Å². The molecule has 0 bridgehead atoms. The molecule has 0 aliphatic carbocycles. The van der Waals surface area contributed by atoms with Crippen LogP contribution in [-0.4, -0.2) is 29.1 Å². The van der Waals surface area contributed by atoms with E-state index >= 15 is 0 Å². The van der Waals surface area contributed by atoms with Crippen LogP contribution in [0.5, 0.6) is 0 Å². The molecule has 0 fully saturated rings. The molecule has 1 N–H and O–H groups in total. The van der Waals surface area contributed by atoms with Crippen LogP contribution in [0.2, 0.25) is 0 Å². The van der Waals surface area contributed by atoms with Crippen molar-refractivity contribution in [2.45, 2.75) is 26.3 Å². The Morgan fingerprint density at radius 1 is 1.35 bits per heavy atom. The highest BCUT2D eigenvalue weighted by Crippen LogP contribution is 2.30. The van der Waals surface area contributed by atoms with E-state index in [-0.39, 0.29) is 12.5 Å². The maximum atomic E-state index is 11.0. The highest BCUT2D eigenvalue weighted by atomic mass is 79.9. The number of hydrogen-bond donors (Lipinski definition) is 1. The number of nitrogens with zero attached hydrogens (tertiary/aromatic N) is 1. The van der Waals surface area contributed by atoms with Gasteiger partial charge in [0.05, 0.1) is 6.42 Å². The van der Waals surface area contributed by atoms with Crippen molar-refractivity contribution in [1.82, 2.24) is 4.90 Å². The molecule has 1 unspecified atom stereocenters. The third kappa shape index (κ3) is 3.82. The number of benzene rings is 1. The van der Waals surface area contributed by atoms with Crippen LogP contribution in [0.3, 0.4) is 0 Å². The predicted molar refractivity (Wildman–Crippen MR) is 72.1 cm³/mol. The lowest BCUT2D eigenvalue weighted by molar-refractivity contribution is -0.138. The molecular formula is C13H18BrNO2. The highest BCUT2D eigenvalue weighted by molar-refractivity contribution is 9.10. The summed E-state index contributed by atoms with van der Waals surface area (Å²) in [6.45, 7) is 5.79. The van der Waals surface area contributed by atoms with Crippen molar-refractivity contribution in [3.8, 4) is 0 Å². The molecule has 1 aromatic carbocycles. The SMILES string of the molecule is CCN(CC)C(CC(=O)O)c1ccccc1Br. The van der Waals surface area contributed by atoms with Gasteiger partial charge in [0.25, 0.3) is 0 Å². The van der Waals surface area contributed by atoms with Crippen molar-refractivity contribution in [2.75, 3.05) is 13.1 Å². The molecule has 0 aliphatic rings. The van der Waals surface area contributed by atoms with Crippen molar-refractivity contribution < 1.29 is 9.90 Å². The van der Waals surface area contributed by atoms with Crippen LogP contribution in [-0.2, 0) is 4.79 Å². The topological polar surface area (TPSA) is 40.5 Å². The van der Waals surface area contributed by atoms with Gasteiger partial charge in [0.1, 0.15) is 0 Å². The number of carboxylic acid groups (broad SMARTS) is 1. The van der Waals surface area contributed by atoms with Gasteiger partial charge in [-0.05, 0) is 24.7 Å². The summed E-state index contributed by atoms with van der Waals surface area (Å²) in [5, 5.41) is 9.03. The van der Waals surface area contributed by atoms with Gasteiger partial charge < -0.3 is 5.11 Å². The molecule has 0 heterocycles. The first-order valence-electron chi connectivity index (χ1n) is 5.80. The molecule has 0 radical (unpaired) electrons. The van der Waals surface area contributed by atoms with Crippen LogP contribution < -0.4 is 0 Å². The molecule has 1 rings (SSSR count). The maximum absolute atomic E-state index is 11.0. The smallest absolute Gasteiger partial charge is 0.305 e. The van der Waals surface area contributed by atoms with Gasteiger partial charge in [0.2, 0.25) is 0 Å². The van der Waals surface area contributed by atoms with Gasteiger partial charge >= 0.3 is 5.97 Å². The average Bonchev–Trinajstić information content (AvgIpc) is 2.29. The van der Waals surface area contributed by atoms with Gasteiger partial charge in [-0.2, -0.15) is 0 Å². The van der Waals surface area contributed by atoms with Crippen molar-refractivity contribution in [2.24, 2.45) is 0 Å². The second-order valence-electron chi connectivity index (χ2n) is 3.86. The number of carbonyl (C=O) groups is 1. The molecule has 1 aromatic rings. The van der Waals surface area contributed by atoms with Crippen LogP contribution in [0, 0.1) is 0 Å². The summed E-state index contributed by atoms with van der Waals surface area (Å²) in [6, 6.07) is 7.74.